The molecule has 0 spiro atoms. The first-order chi connectivity index (χ1) is 8.45. The Kier molecular flexibility index (Phi) is 3.15. The first-order valence-corrected chi connectivity index (χ1v) is 6.92. The van der Waals surface area contributed by atoms with Crippen molar-refractivity contribution in [1.82, 2.24) is 10.1 Å². The van der Waals surface area contributed by atoms with Crippen molar-refractivity contribution in [2.45, 2.75) is 4.90 Å². The summed E-state index contributed by atoms with van der Waals surface area (Å²) in [5, 5.41) is 3.59. The van der Waals surface area contributed by atoms with Gasteiger partial charge in [0.2, 0.25) is 0 Å². The monoisotopic (exact) mass is 265 g/mol. The molecule has 2 aromatic rings. The van der Waals surface area contributed by atoms with Crippen LogP contribution in [0.3, 0.4) is 0 Å². The zero-order chi connectivity index (χ0) is 13.2. The third kappa shape index (κ3) is 2.95. The third-order valence-corrected chi connectivity index (χ3v) is 3.32. The van der Waals surface area contributed by atoms with Crippen LogP contribution in [0.2, 0.25) is 0 Å². The molecule has 0 aliphatic heterocycles. The molecule has 18 heavy (non-hydrogen) atoms. The Hall–Kier alpha value is -2.15. The Balaban J connectivity index is 2.18. The van der Waals surface area contributed by atoms with Gasteiger partial charge in [-0.1, -0.05) is 23.4 Å². The topological polar surface area (TPSA) is 99.1 Å². The predicted octanol–water partition coefficient (Wildman–Crippen LogP) is 1.23. The number of nitrogen functional groups attached to an aromatic ring is 1. The zero-order valence-electron chi connectivity index (χ0n) is 9.57. The normalized spacial score (nSPS) is 12.1. The van der Waals surface area contributed by atoms with Crippen molar-refractivity contribution >= 4 is 28.0 Å². The van der Waals surface area contributed by atoms with Gasteiger partial charge in [-0.2, -0.15) is 4.98 Å². The van der Waals surface area contributed by atoms with Crippen LogP contribution >= 0.6 is 0 Å². The lowest BCUT2D eigenvalue weighted by Gasteiger charge is -1.98. The molecular formula is C11H11N3O3S. The van der Waals surface area contributed by atoms with Crippen molar-refractivity contribution in [3.8, 4) is 0 Å². The lowest BCUT2D eigenvalue weighted by molar-refractivity contribution is 0.433. The van der Waals surface area contributed by atoms with E-state index in [9.17, 15) is 8.42 Å². The fourth-order valence-electron chi connectivity index (χ4n) is 1.31. The lowest BCUT2D eigenvalue weighted by Crippen LogP contribution is -1.96. The number of benzene rings is 1. The van der Waals surface area contributed by atoms with Crippen LogP contribution in [0.4, 0.5) is 6.01 Å². The summed E-state index contributed by atoms with van der Waals surface area (Å²) in [6.07, 6.45) is 4.52. The van der Waals surface area contributed by atoms with Gasteiger partial charge in [-0.15, -0.1) is 0 Å². The van der Waals surface area contributed by atoms with Gasteiger partial charge in [-0.3, -0.25) is 0 Å². The van der Waals surface area contributed by atoms with Gasteiger partial charge in [-0.05, 0) is 23.8 Å². The van der Waals surface area contributed by atoms with Gasteiger partial charge in [-0.25, -0.2) is 8.42 Å². The van der Waals surface area contributed by atoms with E-state index in [-0.39, 0.29) is 10.9 Å². The second-order valence-corrected chi connectivity index (χ2v) is 5.68. The average molecular weight is 265 g/mol. The molecule has 0 radical (unpaired) electrons. The molecule has 1 aromatic heterocycles. The summed E-state index contributed by atoms with van der Waals surface area (Å²) in [6, 6.07) is 6.47. The Bertz CT molecular complexity index is 672. The van der Waals surface area contributed by atoms with E-state index in [4.69, 9.17) is 5.73 Å². The Labute approximate surface area is 104 Å². The molecule has 0 aliphatic carbocycles. The van der Waals surface area contributed by atoms with Crippen LogP contribution in [0.25, 0.3) is 12.2 Å². The Morgan fingerprint density at radius 1 is 1.22 bits per heavy atom. The molecule has 0 bridgehead atoms. The summed E-state index contributed by atoms with van der Waals surface area (Å²) in [7, 11) is -3.16. The summed E-state index contributed by atoms with van der Waals surface area (Å²) in [5.74, 6) is 0.361. The number of nitrogens with zero attached hydrogens (tertiary/aromatic N) is 2. The van der Waals surface area contributed by atoms with Crippen molar-refractivity contribution in [2.24, 2.45) is 0 Å². The summed E-state index contributed by atoms with van der Waals surface area (Å²) in [4.78, 5) is 4.08. The number of rotatable bonds is 3. The number of nitrogens with two attached hydrogens (primary N) is 1. The highest BCUT2D eigenvalue weighted by Crippen LogP contribution is 2.12. The average Bonchev–Trinajstić information content (AvgIpc) is 2.72. The molecule has 1 heterocycles. The second-order valence-electron chi connectivity index (χ2n) is 3.67. The molecule has 0 amide bonds. The van der Waals surface area contributed by atoms with Crippen LogP contribution in [0.1, 0.15) is 11.4 Å². The van der Waals surface area contributed by atoms with Crippen LogP contribution in [0.5, 0.6) is 0 Å². The molecule has 0 unspecified atom stereocenters. The highest BCUT2D eigenvalue weighted by Gasteiger charge is 2.05. The third-order valence-electron chi connectivity index (χ3n) is 2.19. The maximum Gasteiger partial charge on any atom is 0.319 e. The molecule has 7 heteroatoms. The maximum atomic E-state index is 11.3. The molecular weight excluding hydrogens is 254 g/mol. The lowest BCUT2D eigenvalue weighted by atomic mass is 10.2. The van der Waals surface area contributed by atoms with Crippen LogP contribution in [-0.2, 0) is 9.84 Å². The van der Waals surface area contributed by atoms with E-state index in [1.807, 2.05) is 0 Å². The number of aromatic nitrogens is 2. The van der Waals surface area contributed by atoms with Crippen molar-refractivity contribution in [3.63, 3.8) is 0 Å². The zero-order valence-corrected chi connectivity index (χ0v) is 10.4. The van der Waals surface area contributed by atoms with Crippen molar-refractivity contribution in [3.05, 3.63) is 35.7 Å². The van der Waals surface area contributed by atoms with Crippen LogP contribution in [0, 0.1) is 0 Å². The van der Waals surface area contributed by atoms with E-state index < -0.39 is 9.84 Å². The molecule has 0 aliphatic rings. The highest BCUT2D eigenvalue weighted by atomic mass is 32.2. The largest absolute Gasteiger partial charge is 0.351 e. The summed E-state index contributed by atoms with van der Waals surface area (Å²) in [6.45, 7) is 0. The standard InChI is InChI=1S/C11H11N3O3S/c1-18(15,16)9-5-2-8(3-6-9)4-7-10-13-11(12)17-14-10/h2-7H,1H3,(H2,12,13,14). The Morgan fingerprint density at radius 2 is 1.89 bits per heavy atom. The minimum atomic E-state index is -3.16. The van der Waals surface area contributed by atoms with E-state index in [2.05, 4.69) is 14.7 Å². The van der Waals surface area contributed by atoms with E-state index >= 15 is 0 Å². The number of anilines is 1. The number of hydrogen-bond acceptors (Lipinski definition) is 6. The summed E-state index contributed by atoms with van der Waals surface area (Å²) >= 11 is 0. The highest BCUT2D eigenvalue weighted by molar-refractivity contribution is 7.90. The summed E-state index contributed by atoms with van der Waals surface area (Å²) in [5.41, 5.74) is 6.10. The predicted molar refractivity (Wildman–Crippen MR) is 67.2 cm³/mol. The Morgan fingerprint density at radius 3 is 2.39 bits per heavy atom. The van der Waals surface area contributed by atoms with Crippen LogP contribution in [0.15, 0.2) is 33.7 Å². The first kappa shape index (κ1) is 12.3. The van der Waals surface area contributed by atoms with Gasteiger partial charge in [0.05, 0.1) is 4.90 Å². The van der Waals surface area contributed by atoms with Crippen LogP contribution in [-0.4, -0.2) is 24.8 Å². The van der Waals surface area contributed by atoms with Crippen molar-refractivity contribution in [1.29, 1.82) is 0 Å². The fraction of sp³-hybridized carbons (Fsp3) is 0.0909. The van der Waals surface area contributed by atoms with E-state index in [0.717, 1.165) is 5.56 Å². The first-order valence-electron chi connectivity index (χ1n) is 5.02. The minimum absolute atomic E-state index is 0.00192. The molecule has 0 saturated heterocycles. The van der Waals surface area contributed by atoms with Crippen LogP contribution < -0.4 is 5.73 Å². The maximum absolute atomic E-state index is 11.3. The molecule has 0 saturated carbocycles. The smallest absolute Gasteiger partial charge is 0.319 e. The van der Waals surface area contributed by atoms with Gasteiger partial charge in [0.15, 0.2) is 15.7 Å². The molecule has 0 atom stereocenters. The molecule has 94 valence electrons. The van der Waals surface area contributed by atoms with Gasteiger partial charge < -0.3 is 10.3 Å². The SMILES string of the molecule is CS(=O)(=O)c1ccc(C=Cc2noc(N)n2)cc1. The minimum Gasteiger partial charge on any atom is -0.351 e. The van der Waals surface area contributed by atoms with Gasteiger partial charge in [0.1, 0.15) is 0 Å². The van der Waals surface area contributed by atoms with Gasteiger partial charge in [0.25, 0.3) is 0 Å². The molecule has 1 aromatic carbocycles. The van der Waals surface area contributed by atoms with E-state index in [1.54, 1.807) is 36.4 Å². The molecule has 0 fully saturated rings. The van der Waals surface area contributed by atoms with Crippen molar-refractivity contribution < 1.29 is 12.9 Å². The quantitative estimate of drug-likeness (QED) is 0.895. The molecule has 2 rings (SSSR count). The number of hydrogen-bond donors (Lipinski definition) is 1. The molecule has 2 N–H and O–H groups in total. The van der Waals surface area contributed by atoms with Gasteiger partial charge >= 0.3 is 6.01 Å². The van der Waals surface area contributed by atoms with Gasteiger partial charge in [0, 0.05) is 6.26 Å². The fourth-order valence-corrected chi connectivity index (χ4v) is 1.94. The van der Waals surface area contributed by atoms with Crippen molar-refractivity contribution in [2.75, 3.05) is 12.0 Å². The number of sulfone groups is 1. The second kappa shape index (κ2) is 4.61. The summed E-state index contributed by atoms with van der Waals surface area (Å²) < 4.78 is 27.1. The van der Waals surface area contributed by atoms with E-state index in [1.165, 1.54) is 6.26 Å². The van der Waals surface area contributed by atoms with E-state index in [0.29, 0.717) is 5.82 Å². The molecule has 6 nitrogen and oxygen atoms in total.